The number of ether oxygens (including phenoxy) is 2. The average Bonchev–Trinajstić information content (AvgIpc) is 2.70. The second kappa shape index (κ2) is 11.2. The lowest BCUT2D eigenvalue weighted by Crippen LogP contribution is -2.33. The number of carbonyl (C=O) groups is 2. The van der Waals surface area contributed by atoms with Crippen LogP contribution in [0.2, 0.25) is 0 Å². The maximum Gasteiger partial charge on any atom is 0.488 e. The third-order valence-corrected chi connectivity index (χ3v) is 4.89. The van der Waals surface area contributed by atoms with E-state index in [9.17, 15) is 19.6 Å². The van der Waals surface area contributed by atoms with Gasteiger partial charge in [-0.05, 0) is 62.0 Å². The van der Waals surface area contributed by atoms with Gasteiger partial charge in [-0.2, -0.15) is 0 Å². The molecule has 0 spiro atoms. The van der Waals surface area contributed by atoms with Crippen molar-refractivity contribution in [3.8, 4) is 0 Å². The molecule has 178 valence electrons. The summed E-state index contributed by atoms with van der Waals surface area (Å²) < 4.78 is 10.7. The van der Waals surface area contributed by atoms with Gasteiger partial charge in [-0.25, -0.2) is 9.59 Å². The van der Waals surface area contributed by atoms with E-state index < -0.39 is 24.9 Å². The molecule has 2 aromatic rings. The lowest BCUT2D eigenvalue weighted by atomic mass is 9.78. The second-order valence-electron chi connectivity index (χ2n) is 9.15. The van der Waals surface area contributed by atoms with E-state index in [1.54, 1.807) is 43.4 Å². The number of anilines is 1. The summed E-state index contributed by atoms with van der Waals surface area (Å²) >= 11 is 0. The monoisotopic (exact) mass is 456 g/mol. The molecule has 9 heteroatoms. The molecule has 0 saturated carbocycles. The highest BCUT2D eigenvalue weighted by Gasteiger charge is 2.20. The summed E-state index contributed by atoms with van der Waals surface area (Å²) in [4.78, 5) is 25.9. The number of nitrogens with zero attached hydrogens (tertiary/aromatic N) is 1. The third-order valence-electron chi connectivity index (χ3n) is 4.89. The van der Waals surface area contributed by atoms with Crippen molar-refractivity contribution in [3.05, 3.63) is 59.2 Å². The largest absolute Gasteiger partial charge is 0.488 e. The Kier molecular flexibility index (Phi) is 8.90. The van der Waals surface area contributed by atoms with E-state index in [1.165, 1.54) is 4.90 Å². The van der Waals surface area contributed by atoms with E-state index in [1.807, 2.05) is 40.7 Å². The van der Waals surface area contributed by atoms with Crippen LogP contribution < -0.4 is 10.8 Å². The Morgan fingerprint density at radius 1 is 1.15 bits per heavy atom. The minimum Gasteiger partial charge on any atom is -0.449 e. The first-order valence-electron chi connectivity index (χ1n) is 10.8. The fourth-order valence-corrected chi connectivity index (χ4v) is 3.28. The van der Waals surface area contributed by atoms with Crippen molar-refractivity contribution in [1.29, 1.82) is 0 Å². The Hall–Kier alpha value is -3.04. The molecule has 2 aromatic carbocycles. The molecule has 2 rings (SSSR count). The normalized spacial score (nSPS) is 12.0. The molecule has 0 aliphatic heterocycles. The predicted molar refractivity (Wildman–Crippen MR) is 129 cm³/mol. The lowest BCUT2D eigenvalue weighted by molar-refractivity contribution is 0.0285. The molecule has 0 fully saturated rings. The lowest BCUT2D eigenvalue weighted by Gasteiger charge is -2.24. The maximum atomic E-state index is 12.3. The van der Waals surface area contributed by atoms with Gasteiger partial charge in [0.05, 0.1) is 6.61 Å². The summed E-state index contributed by atoms with van der Waals surface area (Å²) in [5.74, 6) is -0.0746. The average molecular weight is 456 g/mol. The topological polar surface area (TPSA) is 108 Å². The zero-order chi connectivity index (χ0) is 24.8. The Labute approximate surface area is 195 Å². The number of benzene rings is 2. The minimum absolute atomic E-state index is 0.0746. The molecular weight excluding hydrogens is 423 g/mol. The Morgan fingerprint density at radius 3 is 2.45 bits per heavy atom. The summed E-state index contributed by atoms with van der Waals surface area (Å²) in [5, 5.41) is 21.3. The van der Waals surface area contributed by atoms with E-state index in [2.05, 4.69) is 5.32 Å². The van der Waals surface area contributed by atoms with Gasteiger partial charge in [0, 0.05) is 25.2 Å². The predicted octanol–water partition coefficient (Wildman–Crippen LogP) is 3.39. The van der Waals surface area contributed by atoms with Gasteiger partial charge < -0.3 is 24.4 Å². The smallest absolute Gasteiger partial charge is 0.449 e. The van der Waals surface area contributed by atoms with Gasteiger partial charge in [-0.1, -0.05) is 37.3 Å². The Bertz CT molecular complexity index is 974. The second-order valence-corrected chi connectivity index (χ2v) is 9.15. The number of amides is 2. The van der Waals surface area contributed by atoms with Crippen LogP contribution in [0.4, 0.5) is 15.3 Å². The first kappa shape index (κ1) is 26.2. The molecule has 3 N–H and O–H groups in total. The molecule has 0 heterocycles. The van der Waals surface area contributed by atoms with Crippen LogP contribution in [-0.4, -0.2) is 53.5 Å². The van der Waals surface area contributed by atoms with Crippen LogP contribution in [0.3, 0.4) is 0 Å². The highest BCUT2D eigenvalue weighted by atomic mass is 16.6. The van der Waals surface area contributed by atoms with Crippen molar-refractivity contribution in [2.45, 2.75) is 52.7 Å². The highest BCUT2D eigenvalue weighted by Crippen LogP contribution is 2.20. The molecule has 0 unspecified atom stereocenters. The number of nitrogens with one attached hydrogen (secondary N) is 1. The molecule has 8 nitrogen and oxygen atoms in total. The minimum atomic E-state index is -1.52. The molecule has 0 aromatic heterocycles. The SMILES string of the molecule is Cc1cc(B(O)O)ccc1[C@@H](C)COC(=O)Nc1cccc(CN(C)C(=O)OC(C)(C)C)c1. The van der Waals surface area contributed by atoms with Gasteiger partial charge in [0.15, 0.2) is 0 Å². The number of hydrogen-bond donors (Lipinski definition) is 3. The molecule has 1 atom stereocenters. The summed E-state index contributed by atoms with van der Waals surface area (Å²) in [6.45, 7) is 9.72. The van der Waals surface area contributed by atoms with Crippen LogP contribution in [0, 0.1) is 6.92 Å². The van der Waals surface area contributed by atoms with E-state index >= 15 is 0 Å². The van der Waals surface area contributed by atoms with E-state index in [4.69, 9.17) is 9.47 Å². The fraction of sp³-hybridized carbons (Fsp3) is 0.417. The summed E-state index contributed by atoms with van der Waals surface area (Å²) in [6, 6.07) is 12.3. The van der Waals surface area contributed by atoms with Crippen LogP contribution in [0.15, 0.2) is 42.5 Å². The molecule has 0 bridgehead atoms. The van der Waals surface area contributed by atoms with Crippen molar-refractivity contribution >= 4 is 30.5 Å². The van der Waals surface area contributed by atoms with Crippen molar-refractivity contribution in [3.63, 3.8) is 0 Å². The number of rotatable bonds is 7. The summed E-state index contributed by atoms with van der Waals surface area (Å²) in [7, 11) is 0.134. The Morgan fingerprint density at radius 2 is 1.85 bits per heavy atom. The first-order chi connectivity index (χ1) is 15.4. The summed E-state index contributed by atoms with van der Waals surface area (Å²) in [5.41, 5.74) is 3.07. The summed E-state index contributed by atoms with van der Waals surface area (Å²) in [6.07, 6.45) is -1.01. The van der Waals surface area contributed by atoms with Crippen LogP contribution in [-0.2, 0) is 16.0 Å². The van der Waals surface area contributed by atoms with Crippen LogP contribution in [0.5, 0.6) is 0 Å². The molecule has 33 heavy (non-hydrogen) atoms. The molecule has 0 radical (unpaired) electrons. The molecule has 0 saturated heterocycles. The first-order valence-corrected chi connectivity index (χ1v) is 10.8. The molecular formula is C24H33BN2O6. The standard InChI is InChI=1S/C24H33BN2O6/c1-16-12-19(25(30)31)10-11-21(16)17(2)15-32-22(28)26-20-9-7-8-18(13-20)14-27(6)23(29)33-24(3,4)5/h7-13,17,30-31H,14-15H2,1-6H3,(H,26,28)/t17-/m0/s1. The van der Waals surface area contributed by atoms with Gasteiger partial charge in [0.2, 0.25) is 0 Å². The number of hydrogen-bond acceptors (Lipinski definition) is 6. The van der Waals surface area contributed by atoms with E-state index in [-0.39, 0.29) is 12.5 Å². The zero-order valence-corrected chi connectivity index (χ0v) is 20.1. The van der Waals surface area contributed by atoms with Gasteiger partial charge in [-0.3, -0.25) is 5.32 Å². The van der Waals surface area contributed by atoms with Crippen LogP contribution in [0.25, 0.3) is 0 Å². The third kappa shape index (κ3) is 8.44. The number of aryl methyl sites for hydroxylation is 1. The van der Waals surface area contributed by atoms with Gasteiger partial charge in [0.1, 0.15) is 5.60 Å². The van der Waals surface area contributed by atoms with E-state index in [0.717, 1.165) is 16.7 Å². The van der Waals surface area contributed by atoms with E-state index in [0.29, 0.717) is 17.7 Å². The molecule has 0 aliphatic carbocycles. The van der Waals surface area contributed by atoms with Crippen molar-refractivity contribution in [2.75, 3.05) is 19.0 Å². The molecule has 0 aliphatic rings. The zero-order valence-electron chi connectivity index (χ0n) is 20.1. The van der Waals surface area contributed by atoms with Gasteiger partial charge in [0.25, 0.3) is 0 Å². The van der Waals surface area contributed by atoms with Crippen molar-refractivity contribution in [2.24, 2.45) is 0 Å². The Balaban J connectivity index is 1.91. The maximum absolute atomic E-state index is 12.3. The quantitative estimate of drug-likeness (QED) is 0.552. The van der Waals surface area contributed by atoms with Gasteiger partial charge in [-0.15, -0.1) is 0 Å². The van der Waals surface area contributed by atoms with Gasteiger partial charge >= 0.3 is 19.3 Å². The number of carbonyl (C=O) groups excluding carboxylic acids is 2. The highest BCUT2D eigenvalue weighted by molar-refractivity contribution is 6.58. The van der Waals surface area contributed by atoms with Crippen LogP contribution in [0.1, 0.15) is 50.3 Å². The molecule has 2 amide bonds. The fourth-order valence-electron chi connectivity index (χ4n) is 3.28. The van der Waals surface area contributed by atoms with Crippen LogP contribution >= 0.6 is 0 Å². The van der Waals surface area contributed by atoms with Crippen molar-refractivity contribution in [1.82, 2.24) is 4.90 Å². The van der Waals surface area contributed by atoms with Crippen molar-refractivity contribution < 1.29 is 29.1 Å².